The molecule has 0 aliphatic carbocycles. The lowest BCUT2D eigenvalue weighted by molar-refractivity contribution is 0.702. The highest BCUT2D eigenvalue weighted by Crippen LogP contribution is 2.20. The number of nitrogens with zero attached hydrogens (tertiary/aromatic N) is 4. The summed E-state index contributed by atoms with van der Waals surface area (Å²) in [4.78, 5) is 8.52. The first-order valence-corrected chi connectivity index (χ1v) is 6.22. The van der Waals surface area contributed by atoms with E-state index in [1.807, 2.05) is 31.2 Å². The standard InChI is InChI=1S/C13H12ClN5/c1-8-17-12(15)10-6-16-19(13(10)18-8)7-9-4-2-3-5-11(9)14/h2-6H,7H2,1H3,(H2,15,17,18). The van der Waals surface area contributed by atoms with Gasteiger partial charge in [0.15, 0.2) is 5.65 Å². The second-order valence-electron chi connectivity index (χ2n) is 4.29. The maximum Gasteiger partial charge on any atom is 0.163 e. The van der Waals surface area contributed by atoms with Gasteiger partial charge >= 0.3 is 0 Å². The van der Waals surface area contributed by atoms with Crippen LogP contribution in [0.1, 0.15) is 11.4 Å². The summed E-state index contributed by atoms with van der Waals surface area (Å²) >= 11 is 6.16. The van der Waals surface area contributed by atoms with Crippen LogP contribution in [-0.2, 0) is 6.54 Å². The van der Waals surface area contributed by atoms with Gasteiger partial charge in [-0.05, 0) is 18.6 Å². The number of anilines is 1. The van der Waals surface area contributed by atoms with E-state index in [1.165, 1.54) is 0 Å². The van der Waals surface area contributed by atoms with Crippen LogP contribution >= 0.6 is 11.6 Å². The minimum Gasteiger partial charge on any atom is -0.383 e. The SMILES string of the molecule is Cc1nc(N)c2cnn(Cc3ccccc3Cl)c2n1. The molecule has 3 rings (SSSR count). The Labute approximate surface area is 115 Å². The van der Waals surface area contributed by atoms with Crippen LogP contribution in [-0.4, -0.2) is 19.7 Å². The fourth-order valence-corrected chi connectivity index (χ4v) is 2.19. The second-order valence-corrected chi connectivity index (χ2v) is 4.69. The summed E-state index contributed by atoms with van der Waals surface area (Å²) in [7, 11) is 0. The Hall–Kier alpha value is -2.14. The summed E-state index contributed by atoms with van der Waals surface area (Å²) in [6.07, 6.45) is 1.68. The summed E-state index contributed by atoms with van der Waals surface area (Å²) in [6.45, 7) is 2.36. The van der Waals surface area contributed by atoms with Gasteiger partial charge in [-0.1, -0.05) is 29.8 Å². The molecule has 0 spiro atoms. The lowest BCUT2D eigenvalue weighted by atomic mass is 10.2. The molecule has 5 nitrogen and oxygen atoms in total. The molecule has 0 aliphatic heterocycles. The second kappa shape index (κ2) is 4.51. The first-order chi connectivity index (χ1) is 9.15. The minimum atomic E-state index is 0.452. The summed E-state index contributed by atoms with van der Waals surface area (Å²) in [6, 6.07) is 7.67. The molecule has 0 atom stereocenters. The van der Waals surface area contributed by atoms with Crippen molar-refractivity contribution in [3.63, 3.8) is 0 Å². The number of aryl methyl sites for hydroxylation is 1. The van der Waals surface area contributed by atoms with E-state index in [2.05, 4.69) is 15.1 Å². The highest BCUT2D eigenvalue weighted by molar-refractivity contribution is 6.31. The maximum atomic E-state index is 6.16. The minimum absolute atomic E-state index is 0.452. The van der Waals surface area contributed by atoms with E-state index in [4.69, 9.17) is 17.3 Å². The van der Waals surface area contributed by atoms with Crippen molar-refractivity contribution in [1.29, 1.82) is 0 Å². The van der Waals surface area contributed by atoms with E-state index < -0.39 is 0 Å². The average Bonchev–Trinajstić information content (AvgIpc) is 2.76. The van der Waals surface area contributed by atoms with Gasteiger partial charge in [-0.2, -0.15) is 5.10 Å². The largest absolute Gasteiger partial charge is 0.383 e. The molecule has 0 amide bonds. The van der Waals surface area contributed by atoms with Crippen LogP contribution in [0.4, 0.5) is 5.82 Å². The number of hydrogen-bond donors (Lipinski definition) is 1. The van der Waals surface area contributed by atoms with Crippen LogP contribution in [0.3, 0.4) is 0 Å². The molecule has 0 saturated carbocycles. The molecule has 19 heavy (non-hydrogen) atoms. The molecule has 0 saturated heterocycles. The number of hydrogen-bond acceptors (Lipinski definition) is 4. The molecule has 96 valence electrons. The van der Waals surface area contributed by atoms with Crippen LogP contribution in [0.15, 0.2) is 30.5 Å². The average molecular weight is 274 g/mol. The molecule has 2 aromatic heterocycles. The van der Waals surface area contributed by atoms with E-state index in [1.54, 1.807) is 10.9 Å². The van der Waals surface area contributed by atoms with Crippen LogP contribution in [0.25, 0.3) is 11.0 Å². The molecule has 0 unspecified atom stereocenters. The zero-order valence-electron chi connectivity index (χ0n) is 10.3. The zero-order chi connectivity index (χ0) is 13.4. The van der Waals surface area contributed by atoms with Crippen molar-refractivity contribution in [2.24, 2.45) is 0 Å². The molecule has 0 bridgehead atoms. The molecule has 0 fully saturated rings. The summed E-state index contributed by atoms with van der Waals surface area (Å²) in [5, 5.41) is 5.78. The van der Waals surface area contributed by atoms with Crippen molar-refractivity contribution in [2.45, 2.75) is 13.5 Å². The number of fused-ring (bicyclic) bond motifs is 1. The van der Waals surface area contributed by atoms with Gasteiger partial charge in [-0.25, -0.2) is 14.6 Å². The Morgan fingerprint density at radius 2 is 2.05 bits per heavy atom. The van der Waals surface area contributed by atoms with Crippen molar-refractivity contribution >= 4 is 28.5 Å². The molecular formula is C13H12ClN5. The number of benzene rings is 1. The number of aromatic nitrogens is 4. The van der Waals surface area contributed by atoms with Crippen LogP contribution in [0.5, 0.6) is 0 Å². The van der Waals surface area contributed by atoms with E-state index in [0.29, 0.717) is 23.2 Å². The topological polar surface area (TPSA) is 69.6 Å². The van der Waals surface area contributed by atoms with Gasteiger partial charge in [0, 0.05) is 5.02 Å². The molecular weight excluding hydrogens is 262 g/mol. The van der Waals surface area contributed by atoms with Crippen molar-refractivity contribution in [3.8, 4) is 0 Å². The lowest BCUT2D eigenvalue weighted by Crippen LogP contribution is -2.05. The number of halogens is 1. The van der Waals surface area contributed by atoms with Gasteiger partial charge in [-0.15, -0.1) is 0 Å². The van der Waals surface area contributed by atoms with Gasteiger partial charge in [0.1, 0.15) is 11.6 Å². The van der Waals surface area contributed by atoms with Gasteiger partial charge in [0.2, 0.25) is 0 Å². The van der Waals surface area contributed by atoms with Crippen molar-refractivity contribution in [3.05, 3.63) is 46.9 Å². The monoisotopic (exact) mass is 273 g/mol. The fourth-order valence-electron chi connectivity index (χ4n) is 1.99. The molecule has 2 N–H and O–H groups in total. The Bertz CT molecular complexity index is 750. The summed E-state index contributed by atoms with van der Waals surface area (Å²) in [5.74, 6) is 1.08. The predicted molar refractivity (Wildman–Crippen MR) is 75.0 cm³/mol. The Morgan fingerprint density at radius 3 is 2.84 bits per heavy atom. The van der Waals surface area contributed by atoms with Gasteiger partial charge < -0.3 is 5.73 Å². The summed E-state index contributed by atoms with van der Waals surface area (Å²) < 4.78 is 1.78. The lowest BCUT2D eigenvalue weighted by Gasteiger charge is -2.06. The predicted octanol–water partition coefficient (Wildman–Crippen LogP) is 2.42. The van der Waals surface area contributed by atoms with Crippen molar-refractivity contribution < 1.29 is 0 Å². The highest BCUT2D eigenvalue weighted by Gasteiger charge is 2.10. The molecule has 1 aromatic carbocycles. The third-order valence-corrected chi connectivity index (χ3v) is 3.28. The Kier molecular flexibility index (Phi) is 2.83. The smallest absolute Gasteiger partial charge is 0.163 e. The molecule has 2 heterocycles. The first kappa shape index (κ1) is 11.9. The van der Waals surface area contributed by atoms with Gasteiger partial charge in [0.05, 0.1) is 18.1 Å². The third-order valence-electron chi connectivity index (χ3n) is 2.92. The van der Waals surface area contributed by atoms with Crippen molar-refractivity contribution in [2.75, 3.05) is 5.73 Å². The van der Waals surface area contributed by atoms with E-state index in [9.17, 15) is 0 Å². The Morgan fingerprint density at radius 1 is 1.26 bits per heavy atom. The quantitative estimate of drug-likeness (QED) is 0.778. The number of rotatable bonds is 2. The van der Waals surface area contributed by atoms with E-state index in [0.717, 1.165) is 16.6 Å². The zero-order valence-corrected chi connectivity index (χ0v) is 11.1. The first-order valence-electron chi connectivity index (χ1n) is 5.84. The number of nitrogen functional groups attached to an aromatic ring is 1. The highest BCUT2D eigenvalue weighted by atomic mass is 35.5. The summed E-state index contributed by atoms with van der Waals surface area (Å²) in [5.41, 5.74) is 7.58. The van der Waals surface area contributed by atoms with Crippen LogP contribution < -0.4 is 5.73 Å². The van der Waals surface area contributed by atoms with Gasteiger partial charge in [-0.3, -0.25) is 0 Å². The normalized spacial score (nSPS) is 11.1. The van der Waals surface area contributed by atoms with E-state index >= 15 is 0 Å². The number of nitrogens with two attached hydrogens (primary N) is 1. The van der Waals surface area contributed by atoms with Crippen LogP contribution in [0, 0.1) is 6.92 Å². The molecule has 0 radical (unpaired) electrons. The van der Waals surface area contributed by atoms with Gasteiger partial charge in [0.25, 0.3) is 0 Å². The van der Waals surface area contributed by atoms with Crippen molar-refractivity contribution in [1.82, 2.24) is 19.7 Å². The fraction of sp³-hybridized carbons (Fsp3) is 0.154. The maximum absolute atomic E-state index is 6.16. The van der Waals surface area contributed by atoms with E-state index in [-0.39, 0.29) is 0 Å². The molecule has 6 heteroatoms. The van der Waals surface area contributed by atoms with Crippen LogP contribution in [0.2, 0.25) is 5.02 Å². The molecule has 3 aromatic rings. The molecule has 0 aliphatic rings. The third kappa shape index (κ3) is 2.13. The Balaban J connectivity index is 2.09.